The van der Waals surface area contributed by atoms with Crippen molar-refractivity contribution in [3.8, 4) is 45.5 Å². The van der Waals surface area contributed by atoms with Gasteiger partial charge in [0.05, 0.1) is 33.6 Å². The van der Waals surface area contributed by atoms with Gasteiger partial charge in [-0.2, -0.15) is 0 Å². The van der Waals surface area contributed by atoms with Gasteiger partial charge in [-0.25, -0.2) is 9.97 Å². The van der Waals surface area contributed by atoms with Gasteiger partial charge in [-0.05, 0) is 12.1 Å². The maximum absolute atomic E-state index is 12.7. The maximum Gasteiger partial charge on any atom is 0.315 e. The van der Waals surface area contributed by atoms with Crippen molar-refractivity contribution in [2.75, 3.05) is 0 Å². The first-order valence-corrected chi connectivity index (χ1v) is 9.13. The summed E-state index contributed by atoms with van der Waals surface area (Å²) in [4.78, 5) is 46.1. The van der Waals surface area contributed by atoms with Crippen LogP contribution in [0.2, 0.25) is 0 Å². The minimum atomic E-state index is -0.909. The van der Waals surface area contributed by atoms with Crippen LogP contribution >= 0.6 is 17.0 Å². The van der Waals surface area contributed by atoms with Crippen LogP contribution in [-0.2, 0) is 0 Å². The number of carbonyl (C=O) groups excluding carboxylic acids is 1. The van der Waals surface area contributed by atoms with Gasteiger partial charge in [0.1, 0.15) is 0 Å². The summed E-state index contributed by atoms with van der Waals surface area (Å²) < 4.78 is 0. The van der Waals surface area contributed by atoms with Gasteiger partial charge in [-0.3, -0.25) is 25.0 Å². The third kappa shape index (κ3) is 4.44. The fraction of sp³-hybridized carbons (Fsp3) is 0. The predicted molar refractivity (Wildman–Crippen MR) is 122 cm³/mol. The molecule has 0 amide bonds. The molecular formula is C19H13BrN6O9. The van der Waals surface area contributed by atoms with Crippen molar-refractivity contribution in [1.29, 1.82) is 0 Å². The molecule has 0 fully saturated rings. The lowest BCUT2D eigenvalue weighted by Gasteiger charge is -2.03. The van der Waals surface area contributed by atoms with Crippen molar-refractivity contribution >= 4 is 34.1 Å². The first-order chi connectivity index (χ1) is 16.1. The number of halogens is 1. The molecule has 4 aromatic rings. The standard InChI is InChI=1S/C19H12N6O9.BrH/c26-13-3-7(1-11(15(13)28)24(31)32)9-5-20-18(22-9)17(30)19-21-6-10(23-19)8-2-12(25(33)34)16(29)14(27)4-8;/h1-6,26-29H,(H,20,22)(H,21,23);1H. The van der Waals surface area contributed by atoms with Gasteiger partial charge in [0.2, 0.25) is 11.5 Å². The molecule has 2 aromatic heterocycles. The van der Waals surface area contributed by atoms with E-state index in [9.17, 15) is 45.4 Å². The number of ketones is 1. The van der Waals surface area contributed by atoms with Crippen LogP contribution in [0.25, 0.3) is 22.5 Å². The molecule has 16 heteroatoms. The van der Waals surface area contributed by atoms with E-state index in [1.165, 1.54) is 12.4 Å². The molecule has 0 atom stereocenters. The van der Waals surface area contributed by atoms with Gasteiger partial charge in [0.25, 0.3) is 5.78 Å². The summed E-state index contributed by atoms with van der Waals surface area (Å²) in [6.07, 6.45) is 2.35. The average Bonchev–Trinajstić information content (AvgIpc) is 3.46. The Hall–Kier alpha value is -4.99. The second kappa shape index (κ2) is 9.10. The number of rotatable bonds is 6. The molecule has 0 unspecified atom stereocenters. The van der Waals surface area contributed by atoms with Crippen LogP contribution in [0.3, 0.4) is 0 Å². The molecule has 180 valence electrons. The fourth-order valence-corrected chi connectivity index (χ4v) is 3.08. The third-order valence-corrected chi connectivity index (χ3v) is 4.74. The summed E-state index contributed by atoms with van der Waals surface area (Å²) in [5.74, 6) is -4.51. The van der Waals surface area contributed by atoms with Crippen molar-refractivity contribution in [2.45, 2.75) is 0 Å². The molecule has 0 saturated carbocycles. The molecule has 0 aliphatic heterocycles. The van der Waals surface area contributed by atoms with Crippen LogP contribution < -0.4 is 0 Å². The Morgan fingerprint density at radius 3 is 1.46 bits per heavy atom. The van der Waals surface area contributed by atoms with E-state index >= 15 is 0 Å². The molecule has 15 nitrogen and oxygen atoms in total. The fourth-order valence-electron chi connectivity index (χ4n) is 3.08. The Morgan fingerprint density at radius 2 is 1.11 bits per heavy atom. The summed E-state index contributed by atoms with van der Waals surface area (Å²) in [6, 6.07) is 4.04. The number of H-pyrrole nitrogens is 2. The Balaban J connectivity index is 0.00000342. The van der Waals surface area contributed by atoms with Gasteiger partial charge >= 0.3 is 11.4 Å². The monoisotopic (exact) mass is 548 g/mol. The minimum Gasteiger partial charge on any atom is -0.504 e. The number of nitrogens with one attached hydrogen (secondary N) is 2. The number of benzene rings is 2. The number of carbonyl (C=O) groups is 1. The number of hydrogen-bond donors (Lipinski definition) is 6. The van der Waals surface area contributed by atoms with Crippen molar-refractivity contribution in [1.82, 2.24) is 19.9 Å². The molecule has 35 heavy (non-hydrogen) atoms. The van der Waals surface area contributed by atoms with Crippen molar-refractivity contribution in [2.24, 2.45) is 0 Å². The Bertz CT molecular complexity index is 1390. The summed E-state index contributed by atoms with van der Waals surface area (Å²) >= 11 is 0. The van der Waals surface area contributed by atoms with Gasteiger partial charge in [-0.1, -0.05) is 0 Å². The number of phenolic OH excluding ortho intramolecular Hbond substituents is 4. The van der Waals surface area contributed by atoms with Crippen molar-refractivity contribution < 1.29 is 35.1 Å². The van der Waals surface area contributed by atoms with Gasteiger partial charge in [0.15, 0.2) is 23.1 Å². The topological polar surface area (TPSA) is 242 Å². The number of nitro groups is 2. The summed E-state index contributed by atoms with van der Waals surface area (Å²) in [5.41, 5.74) is -1.12. The quantitative estimate of drug-likeness (QED) is 0.0884. The highest BCUT2D eigenvalue weighted by Crippen LogP contribution is 2.40. The number of nitrogens with zero attached hydrogens (tertiary/aromatic N) is 4. The van der Waals surface area contributed by atoms with E-state index in [4.69, 9.17) is 0 Å². The lowest BCUT2D eigenvalue weighted by atomic mass is 10.1. The Labute approximate surface area is 203 Å². The van der Waals surface area contributed by atoms with E-state index in [0.29, 0.717) is 0 Å². The SMILES string of the molecule is Br.O=C(c1ncc(-c2cc(O)c(O)c([N+](=O)[O-])c2)[nH]1)c1ncc(-c2cc(O)c(O)c([N+](=O)[O-])c2)[nH]1. The van der Waals surface area contributed by atoms with Crippen LogP contribution in [0, 0.1) is 20.2 Å². The number of imidazole rings is 2. The first-order valence-electron chi connectivity index (χ1n) is 9.13. The van der Waals surface area contributed by atoms with Gasteiger partial charge in [0, 0.05) is 23.3 Å². The summed E-state index contributed by atoms with van der Waals surface area (Å²) in [5, 5.41) is 60.8. The zero-order chi connectivity index (χ0) is 24.7. The van der Waals surface area contributed by atoms with Crippen LogP contribution in [0.15, 0.2) is 36.7 Å². The lowest BCUT2D eigenvalue weighted by molar-refractivity contribution is -0.386. The van der Waals surface area contributed by atoms with Crippen LogP contribution in [0.5, 0.6) is 23.0 Å². The van der Waals surface area contributed by atoms with Crippen LogP contribution in [-0.4, -0.2) is 56.0 Å². The second-order valence-corrected chi connectivity index (χ2v) is 6.86. The van der Waals surface area contributed by atoms with E-state index in [-0.39, 0.29) is 51.1 Å². The van der Waals surface area contributed by atoms with Crippen LogP contribution in [0.1, 0.15) is 16.4 Å². The number of aromatic hydroxyl groups is 4. The predicted octanol–water partition coefficient (Wildman–Crippen LogP) is 2.91. The molecule has 0 aliphatic carbocycles. The number of aromatic amines is 2. The smallest absolute Gasteiger partial charge is 0.315 e. The molecule has 0 aliphatic rings. The van der Waals surface area contributed by atoms with Gasteiger partial charge < -0.3 is 30.4 Å². The van der Waals surface area contributed by atoms with E-state index in [2.05, 4.69) is 19.9 Å². The zero-order valence-electron chi connectivity index (χ0n) is 17.0. The molecule has 4 rings (SSSR count). The normalized spacial score (nSPS) is 10.5. The Morgan fingerprint density at radius 1 is 0.743 bits per heavy atom. The number of nitro benzene ring substituents is 2. The molecule has 6 N–H and O–H groups in total. The molecule has 2 aromatic carbocycles. The molecule has 0 spiro atoms. The van der Waals surface area contributed by atoms with Crippen LogP contribution in [0.4, 0.5) is 11.4 Å². The lowest BCUT2D eigenvalue weighted by Crippen LogP contribution is -2.06. The number of hydrogen-bond acceptors (Lipinski definition) is 11. The number of phenols is 4. The Kier molecular flexibility index (Phi) is 6.41. The number of aromatic nitrogens is 4. The van der Waals surface area contributed by atoms with E-state index in [0.717, 1.165) is 24.3 Å². The zero-order valence-corrected chi connectivity index (χ0v) is 18.7. The third-order valence-electron chi connectivity index (χ3n) is 4.74. The largest absolute Gasteiger partial charge is 0.504 e. The molecule has 0 saturated heterocycles. The second-order valence-electron chi connectivity index (χ2n) is 6.86. The van der Waals surface area contributed by atoms with Gasteiger partial charge in [-0.15, -0.1) is 17.0 Å². The molecule has 2 heterocycles. The molecular weight excluding hydrogens is 536 g/mol. The summed E-state index contributed by atoms with van der Waals surface area (Å²) in [7, 11) is 0. The van der Waals surface area contributed by atoms with E-state index in [1.807, 2.05) is 0 Å². The highest BCUT2D eigenvalue weighted by atomic mass is 79.9. The highest BCUT2D eigenvalue weighted by molar-refractivity contribution is 8.93. The molecule has 0 radical (unpaired) electrons. The first kappa shape index (κ1) is 24.6. The van der Waals surface area contributed by atoms with Crippen molar-refractivity contribution in [3.05, 3.63) is 68.5 Å². The molecule has 0 bridgehead atoms. The minimum absolute atomic E-state index is 0. The van der Waals surface area contributed by atoms with Crippen molar-refractivity contribution in [3.63, 3.8) is 0 Å². The van der Waals surface area contributed by atoms with E-state index in [1.54, 1.807) is 0 Å². The van der Waals surface area contributed by atoms with E-state index < -0.39 is 50.0 Å². The highest BCUT2D eigenvalue weighted by Gasteiger charge is 2.24. The maximum atomic E-state index is 12.7. The average molecular weight is 549 g/mol. The summed E-state index contributed by atoms with van der Waals surface area (Å²) in [6.45, 7) is 0.